The molecule has 2 aromatic carbocycles. The van der Waals surface area contributed by atoms with Gasteiger partial charge in [-0.25, -0.2) is 0 Å². The van der Waals surface area contributed by atoms with E-state index in [1.54, 1.807) is 0 Å². The van der Waals surface area contributed by atoms with Crippen molar-refractivity contribution in [1.82, 2.24) is 0 Å². The van der Waals surface area contributed by atoms with Gasteiger partial charge in [-0.1, -0.05) is 0 Å². The zero-order chi connectivity index (χ0) is 12.1. The van der Waals surface area contributed by atoms with Gasteiger partial charge in [0.15, 0.2) is 0 Å². The van der Waals surface area contributed by atoms with E-state index in [9.17, 15) is 0 Å². The van der Waals surface area contributed by atoms with Gasteiger partial charge in [-0.15, -0.1) is 12.4 Å². The Morgan fingerprint density at radius 3 is 1.56 bits per heavy atom. The molecule has 0 saturated heterocycles. The predicted octanol–water partition coefficient (Wildman–Crippen LogP) is 4.70. The van der Waals surface area contributed by atoms with Crippen LogP contribution in [0.15, 0.2) is 60.7 Å². The molecule has 2 aromatic rings. The van der Waals surface area contributed by atoms with Gasteiger partial charge in [-0.3, -0.25) is 0 Å². The average molecular weight is 349 g/mol. The van der Waals surface area contributed by atoms with Crippen LogP contribution in [0.25, 0.3) is 0 Å². The zero-order valence-corrected chi connectivity index (χ0v) is 12.9. The summed E-state index contributed by atoms with van der Waals surface area (Å²) in [5.41, 5.74) is 2.72. The summed E-state index contributed by atoms with van der Waals surface area (Å²) in [5, 5.41) is 0. The molecule has 2 rings (SSSR count). The normalized spacial score (nSPS) is 10.8. The number of benzene rings is 2. The number of hydrogen-bond donors (Lipinski definition) is 0. The first kappa shape index (κ1) is 15.4. The van der Waals surface area contributed by atoms with E-state index in [0.717, 1.165) is 6.42 Å². The van der Waals surface area contributed by atoms with Crippen molar-refractivity contribution in [2.24, 2.45) is 0 Å². The Morgan fingerprint density at radius 2 is 1.22 bits per heavy atom. The fraction of sp³-hybridized carbons (Fsp3) is 0.250. The van der Waals surface area contributed by atoms with E-state index in [0.29, 0.717) is 0 Å². The monoisotopic (exact) mass is 348 g/mol. The van der Waals surface area contributed by atoms with Crippen LogP contribution >= 0.6 is 12.4 Å². The molecule has 18 heavy (non-hydrogen) atoms. The van der Waals surface area contributed by atoms with Crippen molar-refractivity contribution in [2.45, 2.75) is 23.8 Å². The molecule has 0 unspecified atom stereocenters. The van der Waals surface area contributed by atoms with Crippen LogP contribution in [0, 0.1) is 0 Å². The van der Waals surface area contributed by atoms with Gasteiger partial charge in [0.1, 0.15) is 0 Å². The second kappa shape index (κ2) is 7.07. The zero-order valence-electron chi connectivity index (χ0n) is 10.4. The molecule has 2 heteroatoms. The van der Waals surface area contributed by atoms with E-state index in [1.807, 2.05) is 0 Å². The summed E-state index contributed by atoms with van der Waals surface area (Å²) in [5.74, 6) is 0. The molecule has 0 spiro atoms. The third-order valence-electron chi connectivity index (χ3n) is 3.02. The topological polar surface area (TPSA) is 0 Å². The molecule has 0 nitrogen and oxygen atoms in total. The third-order valence-corrected chi connectivity index (χ3v) is 4.38. The SMILES string of the molecule is CCC[C]([Rh])(c1ccccc1)c1ccccc1.Cl. The van der Waals surface area contributed by atoms with E-state index < -0.39 is 0 Å². The van der Waals surface area contributed by atoms with Crippen LogP contribution < -0.4 is 0 Å². The summed E-state index contributed by atoms with van der Waals surface area (Å²) in [6.07, 6.45) is 2.30. The second-order valence-electron chi connectivity index (χ2n) is 4.25. The van der Waals surface area contributed by atoms with Crippen LogP contribution in [0.3, 0.4) is 0 Å². The number of hydrogen-bond acceptors (Lipinski definition) is 0. The summed E-state index contributed by atoms with van der Waals surface area (Å²) in [6, 6.07) is 21.4. The Kier molecular flexibility index (Phi) is 6.05. The van der Waals surface area contributed by atoms with Gasteiger partial charge in [-0.05, 0) is 0 Å². The molecule has 0 fully saturated rings. The summed E-state index contributed by atoms with van der Waals surface area (Å²) < 4.78 is 0.0262. The number of rotatable bonds is 4. The van der Waals surface area contributed by atoms with E-state index >= 15 is 0 Å². The molecule has 0 aliphatic heterocycles. The fourth-order valence-electron chi connectivity index (χ4n) is 2.18. The first-order valence-electron chi connectivity index (χ1n) is 6.05. The Bertz CT molecular complexity index is 414. The summed E-state index contributed by atoms with van der Waals surface area (Å²) in [6.45, 7) is 2.24. The molecule has 0 N–H and O–H groups in total. The summed E-state index contributed by atoms with van der Waals surface area (Å²) in [4.78, 5) is 0. The Morgan fingerprint density at radius 1 is 0.833 bits per heavy atom. The van der Waals surface area contributed by atoms with Crippen molar-refractivity contribution >= 4 is 12.4 Å². The predicted molar refractivity (Wildman–Crippen MR) is 75.8 cm³/mol. The van der Waals surface area contributed by atoms with Crippen molar-refractivity contribution in [2.75, 3.05) is 0 Å². The molecule has 0 aliphatic rings. The smallest absolute Gasteiger partial charge is 0.147 e. The number of halogens is 1. The Labute approximate surface area is 126 Å². The molecular weight excluding hydrogens is 331 g/mol. The Balaban J connectivity index is 0.00000162. The molecule has 0 saturated carbocycles. The first-order valence-corrected chi connectivity index (χ1v) is 6.87. The average Bonchev–Trinajstić information content (AvgIpc) is 2.41. The van der Waals surface area contributed by atoms with Crippen molar-refractivity contribution < 1.29 is 18.3 Å². The van der Waals surface area contributed by atoms with Crippen LogP contribution in [0.4, 0.5) is 0 Å². The molecule has 0 bridgehead atoms. The van der Waals surface area contributed by atoms with Gasteiger partial charge in [0.25, 0.3) is 0 Å². The van der Waals surface area contributed by atoms with Gasteiger partial charge < -0.3 is 0 Å². The van der Waals surface area contributed by atoms with Crippen molar-refractivity contribution in [3.63, 3.8) is 0 Å². The maximum atomic E-state index is 3.29. The van der Waals surface area contributed by atoms with Gasteiger partial charge in [0.2, 0.25) is 0 Å². The van der Waals surface area contributed by atoms with Gasteiger partial charge in [0.05, 0.1) is 0 Å². The van der Waals surface area contributed by atoms with Crippen LogP contribution in [0.1, 0.15) is 30.9 Å². The molecule has 0 aromatic heterocycles. The molecule has 0 aliphatic carbocycles. The largest absolute Gasteiger partial charge is 0.147 e. The van der Waals surface area contributed by atoms with Crippen LogP contribution in [-0.2, 0) is 22.3 Å². The quantitative estimate of drug-likeness (QED) is 0.703. The van der Waals surface area contributed by atoms with E-state index in [-0.39, 0.29) is 16.4 Å². The van der Waals surface area contributed by atoms with E-state index in [1.165, 1.54) is 17.5 Å². The second-order valence-corrected chi connectivity index (χ2v) is 5.64. The minimum atomic E-state index is 0. The van der Waals surface area contributed by atoms with E-state index in [4.69, 9.17) is 0 Å². The first-order chi connectivity index (χ1) is 8.27. The van der Waals surface area contributed by atoms with Gasteiger partial charge in [-0.2, -0.15) is 0 Å². The van der Waals surface area contributed by atoms with Crippen molar-refractivity contribution in [1.29, 1.82) is 0 Å². The standard InChI is InChI=1S/C16H17.ClH.Rh/c1-2-9-16(14-10-5-3-6-11-14)15-12-7-4-8-13-15;;/h3-8,10-13H,2,9H2,1H3;1H;. The third kappa shape index (κ3) is 3.22. The van der Waals surface area contributed by atoms with Gasteiger partial charge in [0, 0.05) is 0 Å². The fourth-order valence-corrected chi connectivity index (χ4v) is 3.13. The molecule has 0 heterocycles. The van der Waals surface area contributed by atoms with Crippen LogP contribution in [-0.4, -0.2) is 0 Å². The molecule has 0 atom stereocenters. The van der Waals surface area contributed by atoms with Crippen LogP contribution in [0.5, 0.6) is 0 Å². The molecule has 98 valence electrons. The molecule has 0 amide bonds. The maximum Gasteiger partial charge on any atom is -0.147 e. The maximum absolute atomic E-state index is 3.29. The van der Waals surface area contributed by atoms with E-state index in [2.05, 4.69) is 85.9 Å². The summed E-state index contributed by atoms with van der Waals surface area (Å²) in [7, 11) is 0. The van der Waals surface area contributed by atoms with Crippen molar-refractivity contribution in [3.05, 3.63) is 71.8 Å². The minimum Gasteiger partial charge on any atom is -0.147 e. The molecular formula is C16H18ClRh. The molecule has 0 radical (unpaired) electrons. The van der Waals surface area contributed by atoms with Crippen LogP contribution in [0.2, 0.25) is 0 Å². The van der Waals surface area contributed by atoms with Crippen molar-refractivity contribution in [3.8, 4) is 0 Å². The summed E-state index contributed by atoms with van der Waals surface area (Å²) >= 11 is 3.29. The van der Waals surface area contributed by atoms with Gasteiger partial charge >= 0.3 is 114 Å². The Hall–Kier alpha value is -0.647. The minimum absolute atomic E-state index is 0.